The molecule has 0 saturated carbocycles. The van der Waals surface area contributed by atoms with Crippen LogP contribution in [0.3, 0.4) is 0 Å². The molecule has 1 fully saturated rings. The van der Waals surface area contributed by atoms with Crippen LogP contribution in [-0.2, 0) is 28.5 Å². The molecule has 228 valence electrons. The molecule has 1 aromatic rings. The first-order valence-electron chi connectivity index (χ1n) is 14.3. The van der Waals surface area contributed by atoms with E-state index in [1.54, 1.807) is 7.11 Å². The Kier molecular flexibility index (Phi) is 12.6. The fraction of sp³-hybridized carbons (Fsp3) is 0.613. The Labute approximate surface area is 244 Å². The second-order valence-electron chi connectivity index (χ2n) is 10.9. The van der Waals surface area contributed by atoms with Gasteiger partial charge in [-0.2, -0.15) is 0 Å². The number of aryl methyl sites for hydroxylation is 2. The van der Waals surface area contributed by atoms with Crippen molar-refractivity contribution < 1.29 is 33.3 Å². The number of nitrogens with zero attached hydrogens (tertiary/aromatic N) is 2. The summed E-state index contributed by atoms with van der Waals surface area (Å²) in [5, 5.41) is 3.20. The van der Waals surface area contributed by atoms with Crippen LogP contribution in [0.2, 0.25) is 0 Å². The third-order valence-corrected chi connectivity index (χ3v) is 7.30. The van der Waals surface area contributed by atoms with Crippen LogP contribution in [0.15, 0.2) is 40.7 Å². The van der Waals surface area contributed by atoms with Crippen molar-refractivity contribution in [2.75, 3.05) is 79.9 Å². The van der Waals surface area contributed by atoms with Gasteiger partial charge in [0.2, 0.25) is 0 Å². The number of hydrogen-bond donors (Lipinski definition) is 1. The maximum Gasteiger partial charge on any atom is 0.336 e. The number of nitrogens with one attached hydrogen (secondary N) is 1. The summed E-state index contributed by atoms with van der Waals surface area (Å²) >= 11 is 0. The molecule has 2 atom stereocenters. The van der Waals surface area contributed by atoms with Crippen LogP contribution >= 0.6 is 0 Å². The molecule has 10 heteroatoms. The molecule has 2 aliphatic heterocycles. The Bertz CT molecular complexity index is 1090. The van der Waals surface area contributed by atoms with E-state index in [2.05, 4.69) is 21.2 Å². The quantitative estimate of drug-likeness (QED) is 0.264. The summed E-state index contributed by atoms with van der Waals surface area (Å²) in [5.41, 5.74) is 4.39. The van der Waals surface area contributed by atoms with Crippen molar-refractivity contribution in [3.63, 3.8) is 0 Å². The minimum absolute atomic E-state index is 0.0905. The molecular formula is C31H47N3O7. The van der Waals surface area contributed by atoms with Gasteiger partial charge in [-0.25, -0.2) is 9.59 Å². The van der Waals surface area contributed by atoms with Gasteiger partial charge in [0.25, 0.3) is 0 Å². The summed E-state index contributed by atoms with van der Waals surface area (Å²) in [6.45, 7) is 15.2. The predicted molar refractivity (Wildman–Crippen MR) is 157 cm³/mol. The first-order chi connectivity index (χ1) is 19.6. The maximum atomic E-state index is 13.6. The Morgan fingerprint density at radius 2 is 1.63 bits per heavy atom. The number of dihydropyridines is 1. The highest BCUT2D eigenvalue weighted by Crippen LogP contribution is 2.31. The number of benzene rings is 1. The highest BCUT2D eigenvalue weighted by Gasteiger charge is 2.35. The molecular weight excluding hydrogens is 526 g/mol. The van der Waals surface area contributed by atoms with Crippen molar-refractivity contribution in [2.24, 2.45) is 5.92 Å². The molecule has 41 heavy (non-hydrogen) atoms. The number of carbonyl (C=O) groups excluding carboxylic acids is 2. The second kappa shape index (κ2) is 15.9. The van der Waals surface area contributed by atoms with Crippen LogP contribution in [0.5, 0.6) is 5.75 Å². The lowest BCUT2D eigenvalue weighted by Crippen LogP contribution is -2.46. The minimum atomic E-state index is -0.494. The van der Waals surface area contributed by atoms with E-state index in [0.29, 0.717) is 55.5 Å². The van der Waals surface area contributed by atoms with Crippen LogP contribution in [0.25, 0.3) is 0 Å². The maximum absolute atomic E-state index is 13.6. The minimum Gasteiger partial charge on any atom is -0.490 e. The molecule has 1 saturated heterocycles. The molecule has 2 heterocycles. The van der Waals surface area contributed by atoms with Crippen molar-refractivity contribution in [1.29, 1.82) is 0 Å². The molecule has 1 N–H and O–H groups in total. The first-order valence-corrected chi connectivity index (χ1v) is 14.3. The topological polar surface area (TPSA) is 98.8 Å². The zero-order chi connectivity index (χ0) is 29.9. The van der Waals surface area contributed by atoms with Gasteiger partial charge >= 0.3 is 11.9 Å². The molecule has 2 aliphatic rings. The van der Waals surface area contributed by atoms with E-state index >= 15 is 0 Å². The summed E-state index contributed by atoms with van der Waals surface area (Å²) in [4.78, 5) is 31.1. The van der Waals surface area contributed by atoms with Gasteiger partial charge < -0.3 is 33.9 Å². The molecule has 2 unspecified atom stereocenters. The molecule has 0 spiro atoms. The molecule has 0 aromatic heterocycles. The van der Waals surface area contributed by atoms with Crippen LogP contribution in [0.4, 0.5) is 0 Å². The fourth-order valence-electron chi connectivity index (χ4n) is 5.36. The van der Waals surface area contributed by atoms with Gasteiger partial charge in [0.15, 0.2) is 0 Å². The van der Waals surface area contributed by atoms with E-state index < -0.39 is 17.9 Å². The largest absolute Gasteiger partial charge is 0.490 e. The molecule has 0 radical (unpaired) electrons. The smallest absolute Gasteiger partial charge is 0.336 e. The van der Waals surface area contributed by atoms with E-state index in [4.69, 9.17) is 23.7 Å². The van der Waals surface area contributed by atoms with Gasteiger partial charge in [0.05, 0.1) is 31.0 Å². The first kappa shape index (κ1) is 32.6. The van der Waals surface area contributed by atoms with Crippen LogP contribution in [-0.4, -0.2) is 108 Å². The standard InChI is InChI=1S/C31H47N3O7/c1-21-16-22(2)18-26(17-21)39-14-15-40-30(35)28-23(3)29(25(5)32-24(28)4)31(36)41-27(19-33(6)8-11-37-7)20-34-9-12-38-13-10-34/h16-18,23,27,32H,8-15,19-20H2,1-7H3. The summed E-state index contributed by atoms with van der Waals surface area (Å²) in [6.07, 6.45) is -0.361. The second-order valence-corrected chi connectivity index (χ2v) is 10.9. The van der Waals surface area contributed by atoms with Gasteiger partial charge in [-0.3, -0.25) is 4.90 Å². The van der Waals surface area contributed by atoms with Crippen LogP contribution < -0.4 is 10.1 Å². The van der Waals surface area contributed by atoms with Gasteiger partial charge in [0, 0.05) is 57.1 Å². The van der Waals surface area contributed by atoms with Gasteiger partial charge in [-0.05, 0) is 58.0 Å². The van der Waals surface area contributed by atoms with Gasteiger partial charge in [-0.15, -0.1) is 0 Å². The monoisotopic (exact) mass is 573 g/mol. The van der Waals surface area contributed by atoms with E-state index in [9.17, 15) is 9.59 Å². The Balaban J connectivity index is 1.63. The number of allylic oxidation sites excluding steroid dienone is 2. The number of morpholine rings is 1. The van der Waals surface area contributed by atoms with Crippen molar-refractivity contribution in [3.05, 3.63) is 51.9 Å². The summed E-state index contributed by atoms with van der Waals surface area (Å²) in [6, 6.07) is 5.96. The highest BCUT2D eigenvalue weighted by atomic mass is 16.6. The number of esters is 2. The van der Waals surface area contributed by atoms with E-state index in [-0.39, 0.29) is 19.3 Å². The summed E-state index contributed by atoms with van der Waals surface area (Å²) in [7, 11) is 3.65. The summed E-state index contributed by atoms with van der Waals surface area (Å²) in [5.74, 6) is -0.665. The van der Waals surface area contributed by atoms with Crippen molar-refractivity contribution >= 4 is 11.9 Å². The SMILES string of the molecule is COCCN(C)CC(CN1CCOCC1)OC(=O)C1=C(C)NC(C)=C(C(=O)OCCOc2cc(C)cc(C)c2)C1C. The molecule has 3 rings (SSSR count). The van der Waals surface area contributed by atoms with Crippen molar-refractivity contribution in [3.8, 4) is 5.75 Å². The lowest BCUT2D eigenvalue weighted by molar-refractivity contribution is -0.147. The molecule has 0 aliphatic carbocycles. The van der Waals surface area contributed by atoms with Crippen LogP contribution in [0.1, 0.15) is 31.9 Å². The summed E-state index contributed by atoms with van der Waals surface area (Å²) < 4.78 is 28.2. The predicted octanol–water partition coefficient (Wildman–Crippen LogP) is 2.83. The Hall–Kier alpha value is -2.92. The Morgan fingerprint density at radius 1 is 1.00 bits per heavy atom. The molecule has 0 amide bonds. The van der Waals surface area contributed by atoms with Gasteiger partial charge in [0.1, 0.15) is 25.1 Å². The third kappa shape index (κ3) is 9.85. The average molecular weight is 574 g/mol. The third-order valence-electron chi connectivity index (χ3n) is 7.30. The van der Waals surface area contributed by atoms with E-state index in [0.717, 1.165) is 36.5 Å². The molecule has 1 aromatic carbocycles. The number of hydrogen-bond acceptors (Lipinski definition) is 10. The van der Waals surface area contributed by atoms with Crippen LogP contribution in [0, 0.1) is 19.8 Å². The zero-order valence-corrected chi connectivity index (χ0v) is 25.7. The zero-order valence-electron chi connectivity index (χ0n) is 25.7. The normalized spacial score (nSPS) is 18.8. The van der Waals surface area contributed by atoms with E-state index in [1.807, 2.05) is 53.8 Å². The van der Waals surface area contributed by atoms with E-state index in [1.165, 1.54) is 0 Å². The number of methoxy groups -OCH3 is 1. The fourth-order valence-corrected chi connectivity index (χ4v) is 5.36. The molecule has 10 nitrogen and oxygen atoms in total. The van der Waals surface area contributed by atoms with Crippen molar-refractivity contribution in [1.82, 2.24) is 15.1 Å². The lowest BCUT2D eigenvalue weighted by atomic mass is 9.87. The van der Waals surface area contributed by atoms with Crippen molar-refractivity contribution in [2.45, 2.75) is 40.7 Å². The average Bonchev–Trinajstić information content (AvgIpc) is 2.89. The number of carbonyl (C=O) groups is 2. The highest BCUT2D eigenvalue weighted by molar-refractivity contribution is 5.97. The van der Waals surface area contributed by atoms with Gasteiger partial charge in [-0.1, -0.05) is 13.0 Å². The molecule has 0 bridgehead atoms. The number of rotatable bonds is 14. The Morgan fingerprint density at radius 3 is 2.27 bits per heavy atom. The number of ether oxygens (including phenoxy) is 5. The lowest BCUT2D eigenvalue weighted by Gasteiger charge is -2.33. The number of likely N-dealkylation sites (N-methyl/N-ethyl adjacent to an activating group) is 1.